The van der Waals surface area contributed by atoms with E-state index in [9.17, 15) is 13.2 Å². The Balaban J connectivity index is 2.13. The number of hydrogen-bond donors (Lipinski definition) is 1. The van der Waals surface area contributed by atoms with Crippen LogP contribution in [0, 0.1) is 6.92 Å². The molecule has 0 spiro atoms. The number of aryl methyl sites for hydroxylation is 1. The van der Waals surface area contributed by atoms with Gasteiger partial charge in [-0.1, -0.05) is 36.8 Å². The maximum atomic E-state index is 12.5. The second kappa shape index (κ2) is 7.70. The number of amides is 1. The normalized spacial score (nSPS) is 12.5. The highest BCUT2D eigenvalue weighted by Crippen LogP contribution is 2.20. The van der Waals surface area contributed by atoms with Gasteiger partial charge in [0.2, 0.25) is 10.0 Å². The average Bonchev–Trinajstić information content (AvgIpc) is 2.59. The van der Waals surface area contributed by atoms with Gasteiger partial charge in [-0.05, 0) is 43.2 Å². The smallest absolute Gasteiger partial charge is 0.251 e. The van der Waals surface area contributed by atoms with Crippen molar-refractivity contribution in [3.8, 4) is 0 Å². The minimum atomic E-state index is -3.32. The Morgan fingerprint density at radius 1 is 1.08 bits per heavy atom. The lowest BCUT2D eigenvalue weighted by Crippen LogP contribution is -2.28. The van der Waals surface area contributed by atoms with Crippen LogP contribution >= 0.6 is 0 Å². The molecule has 0 aliphatic rings. The molecular formula is C19H24N2O3S. The Labute approximate surface area is 149 Å². The third-order valence-electron chi connectivity index (χ3n) is 4.18. The van der Waals surface area contributed by atoms with Crippen molar-refractivity contribution < 1.29 is 13.2 Å². The highest BCUT2D eigenvalue weighted by molar-refractivity contribution is 7.92. The van der Waals surface area contributed by atoms with Crippen LogP contribution in [0.25, 0.3) is 0 Å². The first-order valence-corrected chi connectivity index (χ1v) is 9.98. The van der Waals surface area contributed by atoms with Crippen LogP contribution in [0.15, 0.2) is 48.5 Å². The van der Waals surface area contributed by atoms with Crippen molar-refractivity contribution >= 4 is 21.6 Å². The molecule has 1 N–H and O–H groups in total. The number of benzene rings is 2. The van der Waals surface area contributed by atoms with Gasteiger partial charge in [0.25, 0.3) is 5.91 Å². The molecule has 0 radical (unpaired) electrons. The maximum Gasteiger partial charge on any atom is 0.251 e. The van der Waals surface area contributed by atoms with Crippen molar-refractivity contribution in [2.24, 2.45) is 0 Å². The Bertz CT molecular complexity index is 828. The van der Waals surface area contributed by atoms with Crippen molar-refractivity contribution in [2.45, 2.75) is 26.3 Å². The highest BCUT2D eigenvalue weighted by atomic mass is 32.2. The molecule has 2 rings (SSSR count). The molecule has 0 aliphatic carbocycles. The fraction of sp³-hybridized carbons (Fsp3) is 0.316. The van der Waals surface area contributed by atoms with Gasteiger partial charge < -0.3 is 5.32 Å². The molecule has 0 fully saturated rings. The lowest BCUT2D eigenvalue weighted by molar-refractivity contribution is 0.0935. The van der Waals surface area contributed by atoms with Crippen LogP contribution in [-0.2, 0) is 10.0 Å². The molecule has 1 atom stereocenters. The third kappa shape index (κ3) is 4.82. The first-order chi connectivity index (χ1) is 11.7. The summed E-state index contributed by atoms with van der Waals surface area (Å²) in [5.74, 6) is -0.180. The zero-order chi connectivity index (χ0) is 18.6. The van der Waals surface area contributed by atoms with E-state index in [2.05, 4.69) is 5.32 Å². The summed E-state index contributed by atoms with van der Waals surface area (Å²) in [4.78, 5) is 12.5. The van der Waals surface area contributed by atoms with Gasteiger partial charge in [0.15, 0.2) is 0 Å². The standard InChI is InChI=1S/C19H24N2O3S/c1-5-18(15-8-6-14(2)7-9-15)20-19(22)16-10-12-17(13-11-16)21(3)25(4,23)24/h6-13,18H,5H2,1-4H3,(H,20,22)/t18-/m1/s1. The Hall–Kier alpha value is -2.34. The van der Waals surface area contributed by atoms with Gasteiger partial charge in [0, 0.05) is 12.6 Å². The Morgan fingerprint density at radius 2 is 1.64 bits per heavy atom. The number of anilines is 1. The van der Waals surface area contributed by atoms with Crippen LogP contribution < -0.4 is 9.62 Å². The average molecular weight is 360 g/mol. The molecule has 2 aromatic carbocycles. The van der Waals surface area contributed by atoms with Crippen molar-refractivity contribution in [3.05, 3.63) is 65.2 Å². The molecule has 0 aliphatic heterocycles. The Morgan fingerprint density at radius 3 is 2.12 bits per heavy atom. The molecule has 134 valence electrons. The largest absolute Gasteiger partial charge is 0.345 e. The lowest BCUT2D eigenvalue weighted by Gasteiger charge is -2.19. The summed E-state index contributed by atoms with van der Waals surface area (Å²) in [6.07, 6.45) is 1.92. The first-order valence-electron chi connectivity index (χ1n) is 8.13. The zero-order valence-corrected chi connectivity index (χ0v) is 15.8. The van der Waals surface area contributed by atoms with Crippen molar-refractivity contribution in [1.82, 2.24) is 5.32 Å². The molecule has 0 unspecified atom stereocenters. The molecule has 0 bridgehead atoms. The van der Waals surface area contributed by atoms with Gasteiger partial charge in [-0.15, -0.1) is 0 Å². The minimum Gasteiger partial charge on any atom is -0.345 e. The second-order valence-corrected chi connectivity index (χ2v) is 8.14. The molecule has 25 heavy (non-hydrogen) atoms. The summed E-state index contributed by atoms with van der Waals surface area (Å²) in [6, 6.07) is 14.6. The predicted octanol–water partition coefficient (Wildman–Crippen LogP) is 3.27. The van der Waals surface area contributed by atoms with Crippen LogP contribution in [-0.4, -0.2) is 27.6 Å². The molecule has 0 saturated heterocycles. The van der Waals surface area contributed by atoms with Gasteiger partial charge in [-0.25, -0.2) is 8.42 Å². The van der Waals surface area contributed by atoms with E-state index in [1.54, 1.807) is 24.3 Å². The van der Waals surface area contributed by atoms with Crippen LogP contribution in [0.3, 0.4) is 0 Å². The molecule has 2 aromatic rings. The van der Waals surface area contributed by atoms with E-state index in [0.717, 1.165) is 18.2 Å². The maximum absolute atomic E-state index is 12.5. The van der Waals surface area contributed by atoms with E-state index in [1.807, 2.05) is 38.1 Å². The predicted molar refractivity (Wildman–Crippen MR) is 101 cm³/mol. The van der Waals surface area contributed by atoms with Crippen molar-refractivity contribution in [2.75, 3.05) is 17.6 Å². The third-order valence-corrected chi connectivity index (χ3v) is 5.39. The van der Waals surface area contributed by atoms with E-state index in [-0.39, 0.29) is 11.9 Å². The fourth-order valence-corrected chi connectivity index (χ4v) is 2.98. The SMILES string of the molecule is CC[C@@H](NC(=O)c1ccc(N(C)S(C)(=O)=O)cc1)c1ccc(C)cc1. The zero-order valence-electron chi connectivity index (χ0n) is 15.0. The number of sulfonamides is 1. The van der Waals surface area contributed by atoms with Crippen molar-refractivity contribution in [3.63, 3.8) is 0 Å². The molecule has 5 nitrogen and oxygen atoms in total. The summed E-state index contributed by atoms with van der Waals surface area (Å²) in [5.41, 5.74) is 3.26. The van der Waals surface area contributed by atoms with E-state index < -0.39 is 10.0 Å². The highest BCUT2D eigenvalue weighted by Gasteiger charge is 2.16. The van der Waals surface area contributed by atoms with Gasteiger partial charge in [-0.2, -0.15) is 0 Å². The van der Waals surface area contributed by atoms with Gasteiger partial charge in [0.1, 0.15) is 0 Å². The monoisotopic (exact) mass is 360 g/mol. The number of nitrogens with zero attached hydrogens (tertiary/aromatic N) is 1. The fourth-order valence-electron chi connectivity index (χ4n) is 2.48. The van der Waals surface area contributed by atoms with E-state index >= 15 is 0 Å². The van der Waals surface area contributed by atoms with Gasteiger partial charge in [-0.3, -0.25) is 9.10 Å². The summed E-state index contributed by atoms with van der Waals surface area (Å²) >= 11 is 0. The quantitative estimate of drug-likeness (QED) is 0.860. The molecular weight excluding hydrogens is 336 g/mol. The molecule has 1 amide bonds. The first kappa shape index (κ1) is 19.0. The summed E-state index contributed by atoms with van der Waals surface area (Å²) in [7, 11) is -1.84. The van der Waals surface area contributed by atoms with E-state index in [4.69, 9.17) is 0 Å². The Kier molecular flexibility index (Phi) is 5.85. The molecule has 0 saturated carbocycles. The molecule has 0 heterocycles. The van der Waals surface area contributed by atoms with E-state index in [0.29, 0.717) is 11.3 Å². The van der Waals surface area contributed by atoms with Crippen LogP contribution in [0.4, 0.5) is 5.69 Å². The van der Waals surface area contributed by atoms with Crippen molar-refractivity contribution in [1.29, 1.82) is 0 Å². The minimum absolute atomic E-state index is 0.0635. The number of carbonyl (C=O) groups excluding carboxylic acids is 1. The van der Waals surface area contributed by atoms with E-state index in [1.165, 1.54) is 16.9 Å². The van der Waals surface area contributed by atoms with Crippen LogP contribution in [0.5, 0.6) is 0 Å². The number of carbonyl (C=O) groups is 1. The summed E-state index contributed by atoms with van der Waals surface area (Å²) < 4.78 is 24.3. The molecule has 6 heteroatoms. The topological polar surface area (TPSA) is 66.5 Å². The summed E-state index contributed by atoms with van der Waals surface area (Å²) in [5, 5.41) is 3.03. The van der Waals surface area contributed by atoms with Crippen LogP contribution in [0.1, 0.15) is 40.9 Å². The molecule has 0 aromatic heterocycles. The lowest BCUT2D eigenvalue weighted by atomic mass is 10.0. The van der Waals surface area contributed by atoms with Crippen LogP contribution in [0.2, 0.25) is 0 Å². The van der Waals surface area contributed by atoms with Gasteiger partial charge in [0.05, 0.1) is 18.0 Å². The number of nitrogens with one attached hydrogen (secondary N) is 1. The second-order valence-electron chi connectivity index (χ2n) is 6.12. The van der Waals surface area contributed by atoms with Gasteiger partial charge >= 0.3 is 0 Å². The number of hydrogen-bond acceptors (Lipinski definition) is 3. The summed E-state index contributed by atoms with van der Waals surface area (Å²) in [6.45, 7) is 4.05. The number of rotatable bonds is 6.